The van der Waals surface area contributed by atoms with Gasteiger partial charge in [0.2, 0.25) is 11.0 Å². The first-order valence-corrected chi connectivity index (χ1v) is 10.9. The molecule has 172 valence electrons. The lowest BCUT2D eigenvalue weighted by atomic mass is 10.1. The molecule has 1 aliphatic heterocycles. The van der Waals surface area contributed by atoms with Crippen LogP contribution in [0.1, 0.15) is 16.8 Å². The number of carbonyl (C=O) groups is 3. The third-order valence-corrected chi connectivity index (χ3v) is 5.62. The number of carbonyl (C=O) groups excluding carboxylic acids is 3. The molecule has 1 atom stereocenters. The molecular weight excluding hydrogens is 452 g/mol. The number of hydrogen-bond donors (Lipinski definition) is 2. The van der Waals surface area contributed by atoms with Crippen LogP contribution in [0.5, 0.6) is 5.75 Å². The van der Waals surface area contributed by atoms with E-state index in [4.69, 9.17) is 17.0 Å². The molecule has 3 aromatic rings. The highest BCUT2D eigenvalue weighted by Gasteiger charge is 2.45. The summed E-state index contributed by atoms with van der Waals surface area (Å²) in [4.78, 5) is 40.3. The summed E-state index contributed by atoms with van der Waals surface area (Å²) < 4.78 is 5.12. The molecule has 8 nitrogen and oxygen atoms in total. The molecule has 1 fully saturated rings. The van der Waals surface area contributed by atoms with E-state index < -0.39 is 23.8 Å². The summed E-state index contributed by atoms with van der Waals surface area (Å²) in [7, 11) is 1.55. The first kappa shape index (κ1) is 22.9. The van der Waals surface area contributed by atoms with Gasteiger partial charge in [-0.1, -0.05) is 36.4 Å². The van der Waals surface area contributed by atoms with E-state index in [9.17, 15) is 14.4 Å². The minimum atomic E-state index is -1.02. The van der Waals surface area contributed by atoms with Gasteiger partial charge in [0.15, 0.2) is 0 Å². The van der Waals surface area contributed by atoms with Gasteiger partial charge in [-0.25, -0.2) is 5.01 Å². The number of benzene rings is 3. The van der Waals surface area contributed by atoms with Crippen LogP contribution in [0.15, 0.2) is 84.9 Å². The van der Waals surface area contributed by atoms with Gasteiger partial charge < -0.3 is 10.1 Å². The van der Waals surface area contributed by atoms with Crippen molar-refractivity contribution in [1.29, 1.82) is 0 Å². The Balaban J connectivity index is 1.56. The molecular formula is C25H22N4O4S. The lowest BCUT2D eigenvalue weighted by Gasteiger charge is -2.24. The number of hydrazine groups is 1. The summed E-state index contributed by atoms with van der Waals surface area (Å²) in [5, 5.41) is 4.14. The summed E-state index contributed by atoms with van der Waals surface area (Å²) in [5.41, 5.74) is 4.21. The standard InChI is InChI=1S/C25H22N4O4S/c1-33-20-14-12-18(13-15-20)26-22(30)16-21-24(32)28(19-10-6-3-7-11-19)25(34)29(21)27-23(31)17-8-4-2-5-9-17/h2-15,21H,16H2,1H3,(H,26,30)(H,27,31)/t21-/m0/s1. The lowest BCUT2D eigenvalue weighted by Crippen LogP contribution is -2.49. The molecule has 0 aliphatic carbocycles. The van der Waals surface area contributed by atoms with E-state index in [1.165, 1.54) is 9.91 Å². The molecule has 34 heavy (non-hydrogen) atoms. The van der Waals surface area contributed by atoms with Crippen LogP contribution in [0.3, 0.4) is 0 Å². The number of thiocarbonyl (C=S) groups is 1. The zero-order chi connectivity index (χ0) is 24.1. The SMILES string of the molecule is COc1ccc(NC(=O)C[C@H]2C(=O)N(c3ccccc3)C(=S)N2NC(=O)c2ccccc2)cc1. The molecule has 1 heterocycles. The van der Waals surface area contributed by atoms with Gasteiger partial charge in [0.05, 0.1) is 19.2 Å². The van der Waals surface area contributed by atoms with E-state index in [-0.39, 0.29) is 11.5 Å². The number of ether oxygens (including phenoxy) is 1. The Bertz CT molecular complexity index is 1200. The number of hydrogen-bond acceptors (Lipinski definition) is 5. The monoisotopic (exact) mass is 474 g/mol. The van der Waals surface area contributed by atoms with Gasteiger partial charge in [0, 0.05) is 11.3 Å². The molecule has 4 rings (SSSR count). The van der Waals surface area contributed by atoms with Crippen molar-refractivity contribution in [1.82, 2.24) is 10.4 Å². The number of para-hydroxylation sites is 1. The number of nitrogens with one attached hydrogen (secondary N) is 2. The fourth-order valence-corrected chi connectivity index (χ4v) is 3.91. The average Bonchev–Trinajstić information content (AvgIpc) is 3.09. The lowest BCUT2D eigenvalue weighted by molar-refractivity contribution is -0.124. The maximum absolute atomic E-state index is 13.4. The second-order valence-electron chi connectivity index (χ2n) is 7.47. The average molecular weight is 475 g/mol. The molecule has 0 unspecified atom stereocenters. The summed E-state index contributed by atoms with van der Waals surface area (Å²) in [5.74, 6) is -0.594. The third kappa shape index (κ3) is 4.89. The summed E-state index contributed by atoms with van der Waals surface area (Å²) in [6, 6.07) is 23.2. The number of nitrogens with zero attached hydrogens (tertiary/aromatic N) is 2. The van der Waals surface area contributed by atoms with Crippen LogP contribution in [0.4, 0.5) is 11.4 Å². The molecule has 0 bridgehead atoms. The number of anilines is 2. The van der Waals surface area contributed by atoms with Crippen molar-refractivity contribution >= 4 is 46.4 Å². The van der Waals surface area contributed by atoms with Gasteiger partial charge in [-0.3, -0.25) is 24.7 Å². The molecule has 9 heteroatoms. The van der Waals surface area contributed by atoms with Crippen molar-refractivity contribution in [2.75, 3.05) is 17.3 Å². The van der Waals surface area contributed by atoms with Crippen molar-refractivity contribution in [3.8, 4) is 5.75 Å². The van der Waals surface area contributed by atoms with E-state index >= 15 is 0 Å². The maximum atomic E-state index is 13.4. The van der Waals surface area contributed by atoms with Crippen molar-refractivity contribution in [2.45, 2.75) is 12.5 Å². The molecule has 1 saturated heterocycles. The van der Waals surface area contributed by atoms with E-state index in [0.717, 1.165) is 0 Å². The van der Waals surface area contributed by atoms with Gasteiger partial charge >= 0.3 is 0 Å². The summed E-state index contributed by atoms with van der Waals surface area (Å²) in [6.45, 7) is 0. The Morgan fingerprint density at radius 2 is 1.56 bits per heavy atom. The Morgan fingerprint density at radius 3 is 2.18 bits per heavy atom. The van der Waals surface area contributed by atoms with E-state index in [2.05, 4.69) is 10.7 Å². The molecule has 2 N–H and O–H groups in total. The van der Waals surface area contributed by atoms with Crippen LogP contribution >= 0.6 is 12.2 Å². The van der Waals surface area contributed by atoms with Gasteiger partial charge in [-0.15, -0.1) is 0 Å². The highest BCUT2D eigenvalue weighted by molar-refractivity contribution is 7.80. The maximum Gasteiger partial charge on any atom is 0.269 e. The Labute approximate surface area is 202 Å². The normalized spacial score (nSPS) is 15.3. The topological polar surface area (TPSA) is 91.0 Å². The van der Waals surface area contributed by atoms with E-state index in [1.54, 1.807) is 86.0 Å². The molecule has 3 amide bonds. The molecule has 0 aromatic heterocycles. The van der Waals surface area contributed by atoms with Crippen LogP contribution < -0.4 is 20.4 Å². The summed E-state index contributed by atoms with van der Waals surface area (Å²) >= 11 is 5.55. The number of rotatable bonds is 7. The Kier molecular flexibility index (Phi) is 6.84. The first-order valence-electron chi connectivity index (χ1n) is 10.5. The minimum absolute atomic E-state index is 0.0859. The molecule has 1 aliphatic rings. The van der Waals surface area contributed by atoms with Gasteiger partial charge in [-0.2, -0.15) is 0 Å². The van der Waals surface area contributed by atoms with Crippen LogP contribution in [0.2, 0.25) is 0 Å². The van der Waals surface area contributed by atoms with Crippen LogP contribution in [-0.2, 0) is 9.59 Å². The van der Waals surface area contributed by atoms with Crippen LogP contribution in [0.25, 0.3) is 0 Å². The van der Waals surface area contributed by atoms with Gasteiger partial charge in [0.1, 0.15) is 11.8 Å². The number of methoxy groups -OCH3 is 1. The smallest absolute Gasteiger partial charge is 0.269 e. The Hall–Kier alpha value is -4.24. The molecule has 0 saturated carbocycles. The summed E-state index contributed by atoms with van der Waals surface area (Å²) in [6.07, 6.45) is -0.219. The fourth-order valence-electron chi connectivity index (χ4n) is 3.54. The van der Waals surface area contributed by atoms with Crippen molar-refractivity contribution in [2.24, 2.45) is 0 Å². The molecule has 0 spiro atoms. The first-order chi connectivity index (χ1) is 16.5. The predicted molar refractivity (Wildman–Crippen MR) is 132 cm³/mol. The van der Waals surface area contributed by atoms with E-state index in [0.29, 0.717) is 22.7 Å². The Morgan fingerprint density at radius 1 is 0.941 bits per heavy atom. The largest absolute Gasteiger partial charge is 0.497 e. The van der Waals surface area contributed by atoms with Gasteiger partial charge in [-0.05, 0) is 60.7 Å². The van der Waals surface area contributed by atoms with Crippen molar-refractivity contribution < 1.29 is 19.1 Å². The highest BCUT2D eigenvalue weighted by atomic mass is 32.1. The zero-order valence-electron chi connectivity index (χ0n) is 18.3. The van der Waals surface area contributed by atoms with Crippen LogP contribution in [-0.4, -0.2) is 41.0 Å². The molecule has 3 aromatic carbocycles. The zero-order valence-corrected chi connectivity index (χ0v) is 19.1. The predicted octanol–water partition coefficient (Wildman–Crippen LogP) is 3.37. The van der Waals surface area contributed by atoms with Crippen molar-refractivity contribution in [3.05, 3.63) is 90.5 Å². The highest BCUT2D eigenvalue weighted by Crippen LogP contribution is 2.26. The third-order valence-electron chi connectivity index (χ3n) is 5.24. The van der Waals surface area contributed by atoms with Crippen LogP contribution in [0, 0.1) is 0 Å². The van der Waals surface area contributed by atoms with Gasteiger partial charge in [0.25, 0.3) is 11.8 Å². The molecule has 0 radical (unpaired) electrons. The second kappa shape index (κ2) is 10.1. The quantitative estimate of drug-likeness (QED) is 0.511. The minimum Gasteiger partial charge on any atom is -0.497 e. The van der Waals surface area contributed by atoms with E-state index in [1.807, 2.05) is 6.07 Å². The van der Waals surface area contributed by atoms with Crippen molar-refractivity contribution in [3.63, 3.8) is 0 Å². The fraction of sp³-hybridized carbons (Fsp3) is 0.120. The number of amides is 3. The second-order valence-corrected chi connectivity index (χ2v) is 7.83.